The number of anilines is 1. The van der Waals surface area contributed by atoms with Gasteiger partial charge in [-0.1, -0.05) is 12.1 Å². The highest BCUT2D eigenvalue weighted by atomic mass is 16.5. The Morgan fingerprint density at radius 1 is 0.795 bits per heavy atom. The second kappa shape index (κ2) is 9.30. The molecule has 0 aliphatic heterocycles. The topological polar surface area (TPSA) is 83.2 Å². The van der Waals surface area contributed by atoms with Gasteiger partial charge >= 0.3 is 0 Å². The zero-order valence-corrected chi connectivity index (χ0v) is 22.1. The molecule has 8 rings (SSSR count). The van der Waals surface area contributed by atoms with Gasteiger partial charge in [0, 0.05) is 39.0 Å². The summed E-state index contributed by atoms with van der Waals surface area (Å²) in [5.41, 5.74) is 4.99. The minimum atomic E-state index is -0.171. The van der Waals surface area contributed by atoms with Gasteiger partial charge in [-0.3, -0.25) is 9.59 Å². The number of aromatic amines is 1. The largest absolute Gasteiger partial charge is 0.497 e. The van der Waals surface area contributed by atoms with Crippen molar-refractivity contribution in [2.45, 2.75) is 44.1 Å². The average molecular weight is 520 g/mol. The van der Waals surface area contributed by atoms with Crippen LogP contribution in [0.5, 0.6) is 5.75 Å². The lowest BCUT2D eigenvalue weighted by molar-refractivity contribution is -0.0167. The van der Waals surface area contributed by atoms with Gasteiger partial charge in [0.05, 0.1) is 7.11 Å². The van der Waals surface area contributed by atoms with E-state index in [0.29, 0.717) is 11.3 Å². The number of carbonyl (C=O) groups excluding carboxylic acids is 2. The Morgan fingerprint density at radius 3 is 2.08 bits per heavy atom. The van der Waals surface area contributed by atoms with E-state index in [1.165, 1.54) is 19.3 Å². The number of rotatable bonds is 6. The lowest BCUT2D eigenvalue weighted by atomic mass is 9.53. The molecule has 198 valence electrons. The monoisotopic (exact) mass is 519 g/mol. The Hall–Kier alpha value is -4.06. The van der Waals surface area contributed by atoms with Crippen LogP contribution in [0.25, 0.3) is 22.2 Å². The Morgan fingerprint density at radius 2 is 1.44 bits per heavy atom. The van der Waals surface area contributed by atoms with Crippen molar-refractivity contribution in [1.29, 1.82) is 0 Å². The summed E-state index contributed by atoms with van der Waals surface area (Å²) in [4.78, 5) is 29.4. The van der Waals surface area contributed by atoms with Gasteiger partial charge in [0.2, 0.25) is 0 Å². The van der Waals surface area contributed by atoms with Gasteiger partial charge in [-0.05, 0) is 123 Å². The number of fused-ring (bicyclic) bond motifs is 1. The van der Waals surface area contributed by atoms with E-state index in [9.17, 15) is 9.59 Å². The van der Waals surface area contributed by atoms with Crippen LogP contribution in [-0.2, 0) is 0 Å². The van der Waals surface area contributed by atoms with Crippen molar-refractivity contribution in [2.24, 2.45) is 17.8 Å². The van der Waals surface area contributed by atoms with E-state index in [2.05, 4.69) is 21.7 Å². The van der Waals surface area contributed by atoms with Crippen molar-refractivity contribution < 1.29 is 14.3 Å². The second-order valence-electron chi connectivity index (χ2n) is 11.9. The molecule has 4 fully saturated rings. The SMILES string of the molecule is COc1ccc(C(=O)Nc2ccc(-c3cc4cc(C(=O)NC56CC7CC(CC(C7)C5)C6)ccc4[nH]3)cc2)cc1. The average Bonchev–Trinajstić information content (AvgIpc) is 3.36. The maximum absolute atomic E-state index is 13.3. The van der Waals surface area contributed by atoms with E-state index in [-0.39, 0.29) is 17.4 Å². The van der Waals surface area contributed by atoms with E-state index < -0.39 is 0 Å². The molecule has 2 amide bonds. The van der Waals surface area contributed by atoms with E-state index in [4.69, 9.17) is 4.74 Å². The second-order valence-corrected chi connectivity index (χ2v) is 11.9. The molecule has 4 aromatic rings. The molecule has 6 heteroatoms. The molecule has 0 spiro atoms. The Balaban J connectivity index is 1.05. The number of amides is 2. The van der Waals surface area contributed by atoms with Gasteiger partial charge in [-0.2, -0.15) is 0 Å². The summed E-state index contributed by atoms with van der Waals surface area (Å²) in [6.45, 7) is 0. The molecule has 4 aliphatic rings. The summed E-state index contributed by atoms with van der Waals surface area (Å²) < 4.78 is 5.16. The van der Waals surface area contributed by atoms with Crippen LogP contribution in [-0.4, -0.2) is 29.4 Å². The maximum Gasteiger partial charge on any atom is 0.255 e. The summed E-state index contributed by atoms with van der Waals surface area (Å²) in [5, 5.41) is 7.45. The van der Waals surface area contributed by atoms with E-state index in [1.807, 2.05) is 42.5 Å². The molecule has 39 heavy (non-hydrogen) atoms. The van der Waals surface area contributed by atoms with Crippen LogP contribution in [0.2, 0.25) is 0 Å². The molecular formula is C33H33N3O3. The minimum Gasteiger partial charge on any atom is -0.497 e. The first-order valence-corrected chi connectivity index (χ1v) is 14.0. The summed E-state index contributed by atoms with van der Waals surface area (Å²) in [5.74, 6) is 2.99. The van der Waals surface area contributed by atoms with Crippen LogP contribution < -0.4 is 15.4 Å². The van der Waals surface area contributed by atoms with Gasteiger partial charge in [-0.15, -0.1) is 0 Å². The fourth-order valence-corrected chi connectivity index (χ4v) is 7.68. The van der Waals surface area contributed by atoms with Crippen LogP contribution in [0, 0.1) is 17.8 Å². The first-order valence-electron chi connectivity index (χ1n) is 14.0. The van der Waals surface area contributed by atoms with Crippen LogP contribution >= 0.6 is 0 Å². The molecule has 1 heterocycles. The van der Waals surface area contributed by atoms with Crippen LogP contribution in [0.1, 0.15) is 59.2 Å². The highest BCUT2D eigenvalue weighted by molar-refractivity contribution is 6.04. The summed E-state index contributed by atoms with van der Waals surface area (Å²) >= 11 is 0. The summed E-state index contributed by atoms with van der Waals surface area (Å²) in [6.07, 6.45) is 7.54. The predicted octanol–water partition coefficient (Wildman–Crippen LogP) is 6.79. The molecule has 3 aromatic carbocycles. The van der Waals surface area contributed by atoms with Crippen LogP contribution in [0.4, 0.5) is 5.69 Å². The number of H-pyrrole nitrogens is 1. The fourth-order valence-electron chi connectivity index (χ4n) is 7.68. The summed E-state index contributed by atoms with van der Waals surface area (Å²) in [6, 6.07) is 22.8. The lowest BCUT2D eigenvalue weighted by Crippen LogP contribution is -2.59. The Labute approximate surface area is 228 Å². The third-order valence-corrected chi connectivity index (χ3v) is 9.11. The van der Waals surface area contributed by atoms with Crippen molar-refractivity contribution in [3.05, 3.63) is 83.9 Å². The number of methoxy groups -OCH3 is 1. The third-order valence-electron chi connectivity index (χ3n) is 9.11. The van der Waals surface area contributed by atoms with Gasteiger partial charge in [-0.25, -0.2) is 0 Å². The number of hydrogen-bond acceptors (Lipinski definition) is 3. The lowest BCUT2D eigenvalue weighted by Gasteiger charge is -2.56. The highest BCUT2D eigenvalue weighted by Crippen LogP contribution is 2.55. The van der Waals surface area contributed by atoms with Gasteiger partial charge in [0.1, 0.15) is 5.75 Å². The number of benzene rings is 3. The third kappa shape index (κ3) is 4.58. The van der Waals surface area contributed by atoms with E-state index in [0.717, 1.165) is 70.4 Å². The Kier molecular flexibility index (Phi) is 5.72. The molecule has 0 unspecified atom stereocenters. The first-order chi connectivity index (χ1) is 18.9. The minimum absolute atomic E-state index is 0.00857. The van der Waals surface area contributed by atoms with Crippen LogP contribution in [0.15, 0.2) is 72.8 Å². The predicted molar refractivity (Wildman–Crippen MR) is 153 cm³/mol. The molecule has 4 bridgehead atoms. The van der Waals surface area contributed by atoms with E-state index >= 15 is 0 Å². The molecule has 0 atom stereocenters. The standard InChI is InChI=1S/C33H33N3O3/c1-39-28-9-4-24(5-10-28)31(37)34-27-7-2-23(3-8-27)30-16-26-15-25(6-11-29(26)35-30)32(38)36-33-17-20-12-21(18-33)14-22(13-20)19-33/h2-11,15-16,20-22,35H,12-14,17-19H2,1H3,(H,34,37)(H,36,38). The van der Waals surface area contributed by atoms with Crippen molar-refractivity contribution in [2.75, 3.05) is 12.4 Å². The molecule has 4 aliphatic carbocycles. The van der Waals surface area contributed by atoms with Crippen LogP contribution in [0.3, 0.4) is 0 Å². The zero-order chi connectivity index (χ0) is 26.6. The first kappa shape index (κ1) is 24.0. The number of ether oxygens (including phenoxy) is 1. The highest BCUT2D eigenvalue weighted by Gasteiger charge is 2.51. The maximum atomic E-state index is 13.3. The zero-order valence-electron chi connectivity index (χ0n) is 22.1. The normalized spacial score (nSPS) is 25.0. The van der Waals surface area contributed by atoms with Gasteiger partial charge in [0.15, 0.2) is 0 Å². The molecular weight excluding hydrogens is 486 g/mol. The molecule has 4 saturated carbocycles. The number of hydrogen-bond donors (Lipinski definition) is 3. The molecule has 0 radical (unpaired) electrons. The summed E-state index contributed by atoms with van der Waals surface area (Å²) in [7, 11) is 1.60. The number of aromatic nitrogens is 1. The van der Waals surface area contributed by atoms with E-state index in [1.54, 1.807) is 31.4 Å². The smallest absolute Gasteiger partial charge is 0.255 e. The molecule has 3 N–H and O–H groups in total. The van der Waals surface area contributed by atoms with Gasteiger partial charge < -0.3 is 20.4 Å². The number of carbonyl (C=O) groups is 2. The molecule has 0 saturated heterocycles. The fraction of sp³-hybridized carbons (Fsp3) is 0.333. The van der Waals surface area contributed by atoms with Crippen molar-refractivity contribution in [1.82, 2.24) is 10.3 Å². The molecule has 6 nitrogen and oxygen atoms in total. The number of nitrogens with one attached hydrogen (secondary N) is 3. The Bertz CT molecular complexity index is 1520. The molecule has 1 aromatic heterocycles. The quantitative estimate of drug-likeness (QED) is 0.262. The van der Waals surface area contributed by atoms with Gasteiger partial charge in [0.25, 0.3) is 11.8 Å². The van der Waals surface area contributed by atoms with Crippen molar-refractivity contribution >= 4 is 28.4 Å². The van der Waals surface area contributed by atoms with Crippen molar-refractivity contribution in [3.63, 3.8) is 0 Å². The van der Waals surface area contributed by atoms with Crippen molar-refractivity contribution in [3.8, 4) is 17.0 Å².